The quantitative estimate of drug-likeness (QED) is 0.311. The minimum absolute atomic E-state index is 0. The van der Waals surface area contributed by atoms with Crippen LogP contribution in [0.1, 0.15) is 24.3 Å². The van der Waals surface area contributed by atoms with Crippen LogP contribution in [-0.4, -0.2) is 51.9 Å². The lowest BCUT2D eigenvalue weighted by Gasteiger charge is -2.34. The smallest absolute Gasteiger partial charge is 0.236 e. The summed E-state index contributed by atoms with van der Waals surface area (Å²) in [6.07, 6.45) is 5.53. The number of thiophene rings is 1. The van der Waals surface area contributed by atoms with Crippen molar-refractivity contribution in [3.05, 3.63) is 47.4 Å². The first-order valence-electron chi connectivity index (χ1n) is 9.34. The van der Waals surface area contributed by atoms with Crippen LogP contribution in [0.25, 0.3) is 10.8 Å². The molecule has 0 saturated carbocycles. The Morgan fingerprint density at radius 2 is 2.34 bits per heavy atom. The van der Waals surface area contributed by atoms with E-state index in [0.29, 0.717) is 19.0 Å². The first-order chi connectivity index (χ1) is 13.7. The molecule has 4 rings (SSSR count). The van der Waals surface area contributed by atoms with Gasteiger partial charge in [0, 0.05) is 31.9 Å². The largest absolute Gasteiger partial charge is 0.443 e. The standard InChI is InChI=1S/C19H24N6O2S.HI/c1-3-20-19(21-10-15-13-27-18(23-15)17-5-4-8-28-17)25-6-7-26-16(12-25)14-9-22-24(2)11-14;/h4-5,8-9,11,13,16H,3,6-7,10,12H2,1-2H3,(H,20,21);1H. The summed E-state index contributed by atoms with van der Waals surface area (Å²) >= 11 is 1.61. The zero-order chi connectivity index (χ0) is 19.3. The normalized spacial score (nSPS) is 17.2. The van der Waals surface area contributed by atoms with Gasteiger partial charge in [-0.3, -0.25) is 4.68 Å². The molecule has 1 unspecified atom stereocenters. The summed E-state index contributed by atoms with van der Waals surface area (Å²) in [7, 11) is 1.91. The summed E-state index contributed by atoms with van der Waals surface area (Å²) in [6.45, 7) is 5.51. The molecule has 3 aromatic rings. The van der Waals surface area contributed by atoms with Gasteiger partial charge >= 0.3 is 0 Å². The lowest BCUT2D eigenvalue weighted by molar-refractivity contribution is -0.00805. The van der Waals surface area contributed by atoms with E-state index in [9.17, 15) is 0 Å². The molecule has 4 heterocycles. The van der Waals surface area contributed by atoms with E-state index >= 15 is 0 Å². The molecule has 1 aliphatic rings. The van der Waals surface area contributed by atoms with Gasteiger partial charge in [0.25, 0.3) is 0 Å². The van der Waals surface area contributed by atoms with E-state index in [2.05, 4.69) is 27.2 Å². The molecule has 0 amide bonds. The third-order valence-electron chi connectivity index (χ3n) is 4.47. The van der Waals surface area contributed by atoms with Gasteiger partial charge < -0.3 is 19.4 Å². The van der Waals surface area contributed by atoms with E-state index in [0.717, 1.165) is 41.7 Å². The summed E-state index contributed by atoms with van der Waals surface area (Å²) in [5.74, 6) is 1.51. The Kier molecular flexibility index (Phi) is 7.67. The molecular formula is C19H25IN6O2S. The SMILES string of the molecule is CCNC(=NCc1coc(-c2cccs2)n1)N1CCOC(c2cnn(C)c2)C1.I. The molecule has 156 valence electrons. The zero-order valence-corrected chi connectivity index (χ0v) is 19.6. The molecule has 1 N–H and O–H groups in total. The summed E-state index contributed by atoms with van der Waals surface area (Å²) < 4.78 is 13.3. The molecule has 0 aliphatic carbocycles. The van der Waals surface area contributed by atoms with Crippen LogP contribution in [0.3, 0.4) is 0 Å². The van der Waals surface area contributed by atoms with Crippen LogP contribution in [0.4, 0.5) is 0 Å². The molecule has 3 aromatic heterocycles. The number of oxazole rings is 1. The minimum atomic E-state index is -0.0104. The summed E-state index contributed by atoms with van der Waals surface area (Å²) in [4.78, 5) is 12.6. The minimum Gasteiger partial charge on any atom is -0.443 e. The third-order valence-corrected chi connectivity index (χ3v) is 5.33. The second-order valence-electron chi connectivity index (χ2n) is 6.54. The van der Waals surface area contributed by atoms with Gasteiger partial charge in [-0.05, 0) is 18.4 Å². The van der Waals surface area contributed by atoms with Gasteiger partial charge in [0.2, 0.25) is 5.89 Å². The van der Waals surface area contributed by atoms with Crippen molar-refractivity contribution in [2.24, 2.45) is 12.0 Å². The van der Waals surface area contributed by atoms with Crippen LogP contribution >= 0.6 is 35.3 Å². The number of guanidine groups is 1. The topological polar surface area (TPSA) is 80.7 Å². The van der Waals surface area contributed by atoms with Crippen molar-refractivity contribution >= 4 is 41.3 Å². The Morgan fingerprint density at radius 1 is 1.45 bits per heavy atom. The van der Waals surface area contributed by atoms with E-state index in [4.69, 9.17) is 14.1 Å². The van der Waals surface area contributed by atoms with Gasteiger partial charge in [-0.25, -0.2) is 9.98 Å². The maximum absolute atomic E-state index is 5.94. The average Bonchev–Trinajstić information content (AvgIpc) is 3.46. The van der Waals surface area contributed by atoms with Crippen LogP contribution in [0.15, 0.2) is 45.6 Å². The number of morpholine rings is 1. The molecule has 1 aliphatic heterocycles. The average molecular weight is 528 g/mol. The molecule has 0 spiro atoms. The van der Waals surface area contributed by atoms with Crippen LogP contribution in [0, 0.1) is 0 Å². The summed E-state index contributed by atoms with van der Waals surface area (Å²) in [5, 5.41) is 9.64. The maximum atomic E-state index is 5.94. The number of halogens is 1. The number of nitrogens with one attached hydrogen (secondary N) is 1. The Bertz CT molecular complexity index is 923. The van der Waals surface area contributed by atoms with Crippen LogP contribution in [-0.2, 0) is 18.3 Å². The van der Waals surface area contributed by atoms with Crippen molar-refractivity contribution in [1.29, 1.82) is 0 Å². The highest BCUT2D eigenvalue weighted by Crippen LogP contribution is 2.24. The first-order valence-corrected chi connectivity index (χ1v) is 10.2. The fourth-order valence-corrected chi connectivity index (χ4v) is 3.78. The number of hydrogen-bond donors (Lipinski definition) is 1. The fraction of sp³-hybridized carbons (Fsp3) is 0.421. The van der Waals surface area contributed by atoms with Crippen molar-refractivity contribution in [2.45, 2.75) is 19.6 Å². The highest BCUT2D eigenvalue weighted by atomic mass is 127. The van der Waals surface area contributed by atoms with Crippen LogP contribution < -0.4 is 5.32 Å². The number of rotatable bonds is 5. The predicted molar refractivity (Wildman–Crippen MR) is 124 cm³/mol. The molecular weight excluding hydrogens is 503 g/mol. The first kappa shape index (κ1) is 21.8. The molecule has 0 bridgehead atoms. The van der Waals surface area contributed by atoms with Crippen LogP contribution in [0.2, 0.25) is 0 Å². The second kappa shape index (κ2) is 10.2. The number of nitrogens with zero attached hydrogens (tertiary/aromatic N) is 5. The predicted octanol–water partition coefficient (Wildman–Crippen LogP) is 3.29. The van der Waals surface area contributed by atoms with Crippen molar-refractivity contribution in [3.8, 4) is 10.8 Å². The molecule has 1 atom stereocenters. The van der Waals surface area contributed by atoms with Gasteiger partial charge in [0.05, 0.1) is 30.8 Å². The molecule has 29 heavy (non-hydrogen) atoms. The number of aryl methyl sites for hydroxylation is 1. The summed E-state index contributed by atoms with van der Waals surface area (Å²) in [6, 6.07) is 3.99. The summed E-state index contributed by atoms with van der Waals surface area (Å²) in [5.41, 5.74) is 1.90. The Labute approximate surface area is 191 Å². The fourth-order valence-electron chi connectivity index (χ4n) is 3.12. The van der Waals surface area contributed by atoms with Gasteiger partial charge in [0.1, 0.15) is 18.1 Å². The molecule has 10 heteroatoms. The lowest BCUT2D eigenvalue weighted by atomic mass is 10.1. The van der Waals surface area contributed by atoms with Crippen molar-refractivity contribution in [2.75, 3.05) is 26.2 Å². The van der Waals surface area contributed by atoms with Gasteiger partial charge in [-0.2, -0.15) is 5.10 Å². The molecule has 1 fully saturated rings. The second-order valence-corrected chi connectivity index (χ2v) is 7.49. The molecule has 0 radical (unpaired) electrons. The highest BCUT2D eigenvalue weighted by Gasteiger charge is 2.25. The van der Waals surface area contributed by atoms with E-state index in [1.165, 1.54) is 0 Å². The number of ether oxygens (including phenoxy) is 1. The Balaban J connectivity index is 0.00000240. The number of aromatic nitrogens is 3. The van der Waals surface area contributed by atoms with Crippen molar-refractivity contribution < 1.29 is 9.15 Å². The van der Waals surface area contributed by atoms with Gasteiger partial charge in [-0.1, -0.05) is 6.07 Å². The lowest BCUT2D eigenvalue weighted by Crippen LogP contribution is -2.48. The van der Waals surface area contributed by atoms with Gasteiger partial charge in [-0.15, -0.1) is 35.3 Å². The van der Waals surface area contributed by atoms with Crippen molar-refractivity contribution in [3.63, 3.8) is 0 Å². The van der Waals surface area contributed by atoms with E-state index in [1.54, 1.807) is 22.3 Å². The van der Waals surface area contributed by atoms with E-state index < -0.39 is 0 Å². The molecule has 0 aromatic carbocycles. The van der Waals surface area contributed by atoms with Crippen molar-refractivity contribution in [1.82, 2.24) is 25.0 Å². The number of aliphatic imine (C=N–C) groups is 1. The van der Waals surface area contributed by atoms with Crippen LogP contribution in [0.5, 0.6) is 0 Å². The van der Waals surface area contributed by atoms with Gasteiger partial charge in [0.15, 0.2) is 5.96 Å². The Hall–Kier alpha value is -1.92. The molecule has 1 saturated heterocycles. The third kappa shape index (κ3) is 5.37. The number of hydrogen-bond acceptors (Lipinski definition) is 6. The van der Waals surface area contributed by atoms with E-state index in [-0.39, 0.29) is 30.1 Å². The zero-order valence-electron chi connectivity index (χ0n) is 16.4. The Morgan fingerprint density at radius 3 is 3.07 bits per heavy atom. The van der Waals surface area contributed by atoms with E-state index in [1.807, 2.05) is 37.0 Å². The highest BCUT2D eigenvalue weighted by molar-refractivity contribution is 14.0. The monoisotopic (exact) mass is 528 g/mol. The molecule has 8 nitrogen and oxygen atoms in total. The maximum Gasteiger partial charge on any atom is 0.236 e.